The Labute approximate surface area is 205 Å². The molecule has 1 unspecified atom stereocenters. The number of halogens is 1. The maximum Gasteiger partial charge on any atom is 0.301 e. The van der Waals surface area contributed by atoms with Gasteiger partial charge in [0, 0.05) is 10.4 Å². The lowest BCUT2D eigenvalue weighted by atomic mass is 9.94. The van der Waals surface area contributed by atoms with E-state index in [1.807, 2.05) is 6.92 Å². The molecule has 1 atom stereocenters. The number of ether oxygens (including phenoxy) is 3. The molecule has 4 rings (SSSR count). The van der Waals surface area contributed by atoms with Crippen LogP contribution in [0.15, 0.2) is 42.0 Å². The zero-order valence-corrected chi connectivity index (χ0v) is 20.5. The number of hydrogen-bond acceptors (Lipinski definition) is 8. The number of nitrogens with zero attached hydrogens (tertiary/aromatic N) is 2. The van der Waals surface area contributed by atoms with Crippen molar-refractivity contribution in [2.24, 2.45) is 0 Å². The van der Waals surface area contributed by atoms with Crippen molar-refractivity contribution in [1.29, 1.82) is 0 Å². The normalized spacial score (nSPS) is 17.1. The van der Waals surface area contributed by atoms with E-state index >= 15 is 0 Å². The second-order valence-electron chi connectivity index (χ2n) is 7.77. The van der Waals surface area contributed by atoms with E-state index in [0.29, 0.717) is 33.6 Å². The Morgan fingerprint density at radius 1 is 1.03 bits per heavy atom. The van der Waals surface area contributed by atoms with E-state index in [9.17, 15) is 19.1 Å². The zero-order chi connectivity index (χ0) is 25.4. The van der Waals surface area contributed by atoms with Crippen LogP contribution in [0.5, 0.6) is 17.2 Å². The summed E-state index contributed by atoms with van der Waals surface area (Å²) in [6, 6.07) is 7.15. The molecule has 0 bridgehead atoms. The third kappa shape index (κ3) is 4.10. The lowest BCUT2D eigenvalue weighted by Gasteiger charge is -2.24. The largest absolute Gasteiger partial charge is 0.507 e. The third-order valence-corrected chi connectivity index (χ3v) is 6.86. The highest BCUT2D eigenvalue weighted by atomic mass is 32.1. The van der Waals surface area contributed by atoms with Gasteiger partial charge in [0.25, 0.3) is 5.78 Å². The molecular weight excluding hydrogens is 475 g/mol. The van der Waals surface area contributed by atoms with Gasteiger partial charge in [-0.15, -0.1) is 11.3 Å². The summed E-state index contributed by atoms with van der Waals surface area (Å²) in [4.78, 5) is 33.2. The second-order valence-corrected chi connectivity index (χ2v) is 8.95. The molecule has 182 valence electrons. The number of Topliss-reactive ketones (excluding diaryl/α,β-unsaturated/α-hetero) is 1. The van der Waals surface area contributed by atoms with Crippen molar-refractivity contribution < 1.29 is 33.3 Å². The van der Waals surface area contributed by atoms with Crippen molar-refractivity contribution in [2.45, 2.75) is 19.9 Å². The van der Waals surface area contributed by atoms with E-state index in [4.69, 9.17) is 14.2 Å². The molecule has 2 heterocycles. The van der Waals surface area contributed by atoms with E-state index in [1.54, 1.807) is 19.1 Å². The number of benzene rings is 2. The average Bonchev–Trinajstić information content (AvgIpc) is 3.32. The first-order valence-electron chi connectivity index (χ1n) is 10.5. The maximum atomic E-state index is 13.5. The van der Waals surface area contributed by atoms with Crippen LogP contribution in [-0.4, -0.2) is 43.1 Å². The van der Waals surface area contributed by atoms with Gasteiger partial charge < -0.3 is 19.3 Å². The van der Waals surface area contributed by atoms with Crippen molar-refractivity contribution in [3.05, 3.63) is 69.5 Å². The smallest absolute Gasteiger partial charge is 0.301 e. The summed E-state index contributed by atoms with van der Waals surface area (Å²) >= 11 is 1.26. The highest BCUT2D eigenvalue weighted by Gasteiger charge is 2.48. The molecule has 0 spiro atoms. The number of aliphatic hydroxyl groups is 1. The minimum atomic E-state index is -1.06. The molecule has 1 N–H and O–H groups in total. The Bertz CT molecular complexity index is 1300. The van der Waals surface area contributed by atoms with E-state index in [2.05, 4.69) is 4.98 Å². The molecule has 3 aromatic rings. The molecule has 1 fully saturated rings. The van der Waals surface area contributed by atoms with Crippen LogP contribution in [0.2, 0.25) is 0 Å². The molecule has 1 aliphatic rings. The predicted octanol–water partition coefficient (Wildman–Crippen LogP) is 4.55. The van der Waals surface area contributed by atoms with Gasteiger partial charge in [0.15, 0.2) is 16.6 Å². The SMILES string of the molecule is COc1cc(C2/C(=C(\O)c3ccc(F)cc3)C(=O)C(=O)N2c2nc(C)c(C)s2)cc(OC)c1OC. The number of carbonyl (C=O) groups excluding carboxylic acids is 2. The number of aryl methyl sites for hydroxylation is 2. The highest BCUT2D eigenvalue weighted by molar-refractivity contribution is 7.16. The van der Waals surface area contributed by atoms with Gasteiger partial charge >= 0.3 is 5.91 Å². The van der Waals surface area contributed by atoms with Gasteiger partial charge in [0.2, 0.25) is 5.75 Å². The van der Waals surface area contributed by atoms with Crippen molar-refractivity contribution in [3.63, 3.8) is 0 Å². The molecule has 1 saturated heterocycles. The lowest BCUT2D eigenvalue weighted by molar-refractivity contribution is -0.132. The molecule has 0 saturated carbocycles. The van der Waals surface area contributed by atoms with Crippen LogP contribution in [0.1, 0.15) is 27.7 Å². The summed E-state index contributed by atoms with van der Waals surface area (Å²) < 4.78 is 29.8. The summed E-state index contributed by atoms with van der Waals surface area (Å²) in [5.74, 6) is -1.74. The number of hydrogen-bond donors (Lipinski definition) is 1. The Hall–Kier alpha value is -3.92. The van der Waals surface area contributed by atoms with Crippen molar-refractivity contribution in [2.75, 3.05) is 26.2 Å². The second kappa shape index (κ2) is 9.38. The summed E-state index contributed by atoms with van der Waals surface area (Å²) in [7, 11) is 4.36. The summed E-state index contributed by atoms with van der Waals surface area (Å²) in [5.41, 5.74) is 1.16. The van der Waals surface area contributed by atoms with Crippen LogP contribution in [0.4, 0.5) is 9.52 Å². The fourth-order valence-corrected chi connectivity index (χ4v) is 4.86. The summed E-state index contributed by atoms with van der Waals surface area (Å²) in [6.07, 6.45) is 0. The van der Waals surface area contributed by atoms with Crippen molar-refractivity contribution in [1.82, 2.24) is 4.98 Å². The zero-order valence-electron chi connectivity index (χ0n) is 19.7. The van der Waals surface area contributed by atoms with Crippen LogP contribution in [-0.2, 0) is 9.59 Å². The van der Waals surface area contributed by atoms with Crippen LogP contribution in [0.3, 0.4) is 0 Å². The molecular formula is C25H23FN2O6S. The van der Waals surface area contributed by atoms with Crippen LogP contribution >= 0.6 is 11.3 Å². The van der Waals surface area contributed by atoms with E-state index in [1.165, 1.54) is 49.7 Å². The van der Waals surface area contributed by atoms with Crippen molar-refractivity contribution >= 4 is 33.9 Å². The number of methoxy groups -OCH3 is 3. The monoisotopic (exact) mass is 498 g/mol. The lowest BCUT2D eigenvalue weighted by Crippen LogP contribution is -2.29. The molecule has 10 heteroatoms. The van der Waals surface area contributed by atoms with Crippen LogP contribution in [0, 0.1) is 19.7 Å². The summed E-state index contributed by atoms with van der Waals surface area (Å²) in [5, 5.41) is 11.5. The van der Waals surface area contributed by atoms with Gasteiger partial charge in [0.1, 0.15) is 11.6 Å². The number of aromatic nitrogens is 1. The molecule has 2 aromatic carbocycles. The van der Waals surface area contributed by atoms with Crippen LogP contribution < -0.4 is 19.1 Å². The van der Waals surface area contributed by atoms with E-state index < -0.39 is 29.3 Å². The van der Waals surface area contributed by atoms with Crippen molar-refractivity contribution in [3.8, 4) is 17.2 Å². The number of amides is 1. The molecule has 1 aromatic heterocycles. The van der Waals surface area contributed by atoms with E-state index in [-0.39, 0.29) is 11.1 Å². The number of carbonyl (C=O) groups is 2. The molecule has 0 radical (unpaired) electrons. The van der Waals surface area contributed by atoms with Gasteiger partial charge in [-0.2, -0.15) is 0 Å². The Balaban J connectivity index is 2.01. The first-order valence-corrected chi connectivity index (χ1v) is 11.3. The van der Waals surface area contributed by atoms with Gasteiger partial charge in [0.05, 0.1) is 38.6 Å². The first-order chi connectivity index (χ1) is 16.7. The number of rotatable bonds is 6. The fourth-order valence-electron chi connectivity index (χ4n) is 3.93. The van der Waals surface area contributed by atoms with E-state index in [0.717, 1.165) is 17.0 Å². The topological polar surface area (TPSA) is 98.2 Å². The molecule has 0 aliphatic carbocycles. The quantitative estimate of drug-likeness (QED) is 0.302. The minimum Gasteiger partial charge on any atom is -0.507 e. The predicted molar refractivity (Wildman–Crippen MR) is 129 cm³/mol. The number of ketones is 1. The number of thiazole rings is 1. The Morgan fingerprint density at radius 2 is 1.63 bits per heavy atom. The number of aliphatic hydroxyl groups excluding tert-OH is 1. The minimum absolute atomic E-state index is 0.165. The van der Waals surface area contributed by atoms with Crippen LogP contribution in [0.25, 0.3) is 5.76 Å². The molecule has 8 nitrogen and oxygen atoms in total. The highest BCUT2D eigenvalue weighted by Crippen LogP contribution is 2.47. The maximum absolute atomic E-state index is 13.5. The Kier molecular flexibility index (Phi) is 6.49. The standard InChI is InChI=1S/C25H23FN2O6S/c1-12-13(2)35-25(27-12)28-20(15-10-17(32-3)23(34-5)18(11-15)33-4)19(22(30)24(28)31)21(29)14-6-8-16(26)9-7-14/h6-11,20,29H,1-5H3/b21-19+. The third-order valence-electron chi connectivity index (χ3n) is 5.79. The Morgan fingerprint density at radius 3 is 2.11 bits per heavy atom. The molecule has 1 amide bonds. The molecule has 1 aliphatic heterocycles. The average molecular weight is 499 g/mol. The number of anilines is 1. The van der Waals surface area contributed by atoms with Gasteiger partial charge in [-0.1, -0.05) is 0 Å². The van der Waals surface area contributed by atoms with Gasteiger partial charge in [-0.25, -0.2) is 9.37 Å². The van der Waals surface area contributed by atoms with Gasteiger partial charge in [-0.05, 0) is 55.8 Å². The fraction of sp³-hybridized carbons (Fsp3) is 0.240. The van der Waals surface area contributed by atoms with Gasteiger partial charge in [-0.3, -0.25) is 14.5 Å². The summed E-state index contributed by atoms with van der Waals surface area (Å²) in [6.45, 7) is 3.67. The first kappa shape index (κ1) is 24.2. The molecule has 35 heavy (non-hydrogen) atoms.